The molecule has 0 spiro atoms. The predicted molar refractivity (Wildman–Crippen MR) is 48.5 cm³/mol. The van der Waals surface area contributed by atoms with Gasteiger partial charge in [0, 0.05) is 6.04 Å². The summed E-state index contributed by atoms with van der Waals surface area (Å²) in [6.07, 6.45) is 0. The van der Waals surface area contributed by atoms with Crippen molar-refractivity contribution in [3.63, 3.8) is 0 Å². The number of hydrogen-bond donors (Lipinski definition) is 1. The predicted octanol–water partition coefficient (Wildman–Crippen LogP) is 2.28. The van der Waals surface area contributed by atoms with Gasteiger partial charge in [-0.1, -0.05) is 19.1 Å². The van der Waals surface area contributed by atoms with Gasteiger partial charge in [-0.05, 0) is 30.5 Å². The van der Waals surface area contributed by atoms with Crippen LogP contribution in [-0.2, 0) is 0 Å². The van der Waals surface area contributed by atoms with E-state index in [4.69, 9.17) is 5.73 Å². The Morgan fingerprint density at radius 1 is 1.17 bits per heavy atom. The quantitative estimate of drug-likeness (QED) is 0.718. The maximum Gasteiger partial charge on any atom is 0.123 e. The number of hydrogen-bond acceptors (Lipinski definition) is 1. The normalized spacial score (nSPS) is 15.7. The fourth-order valence-electron chi connectivity index (χ4n) is 1.07. The van der Waals surface area contributed by atoms with E-state index in [0.29, 0.717) is 0 Å². The minimum atomic E-state index is -0.198. The Bertz CT molecular complexity index is 241. The summed E-state index contributed by atoms with van der Waals surface area (Å²) < 4.78 is 12.5. The first kappa shape index (κ1) is 9.20. The molecule has 1 nitrogen and oxygen atoms in total. The lowest BCUT2D eigenvalue weighted by molar-refractivity contribution is 0.603. The highest BCUT2D eigenvalue weighted by atomic mass is 19.1. The van der Waals surface area contributed by atoms with Gasteiger partial charge < -0.3 is 5.73 Å². The first-order valence-electron chi connectivity index (χ1n) is 4.12. The average Bonchev–Trinajstić information content (AvgIpc) is 2.04. The molecular formula is C10H14FN. The fourth-order valence-corrected chi connectivity index (χ4v) is 1.07. The number of rotatable bonds is 2. The third kappa shape index (κ3) is 2.05. The maximum atomic E-state index is 12.5. The van der Waals surface area contributed by atoms with E-state index >= 15 is 0 Å². The molecule has 2 unspecified atom stereocenters. The molecule has 0 aliphatic carbocycles. The van der Waals surface area contributed by atoms with Gasteiger partial charge in [0.1, 0.15) is 5.82 Å². The van der Waals surface area contributed by atoms with Gasteiger partial charge in [-0.2, -0.15) is 0 Å². The third-order valence-corrected chi connectivity index (χ3v) is 2.18. The molecule has 12 heavy (non-hydrogen) atoms. The van der Waals surface area contributed by atoms with Gasteiger partial charge in [-0.15, -0.1) is 0 Å². The Kier molecular flexibility index (Phi) is 2.82. The fraction of sp³-hybridized carbons (Fsp3) is 0.400. The highest BCUT2D eigenvalue weighted by Gasteiger charge is 2.09. The topological polar surface area (TPSA) is 26.0 Å². The largest absolute Gasteiger partial charge is 0.327 e. The van der Waals surface area contributed by atoms with Crippen molar-refractivity contribution in [2.24, 2.45) is 5.73 Å². The average molecular weight is 167 g/mol. The summed E-state index contributed by atoms with van der Waals surface area (Å²) in [4.78, 5) is 0. The zero-order chi connectivity index (χ0) is 9.14. The molecule has 0 aliphatic rings. The van der Waals surface area contributed by atoms with Gasteiger partial charge in [-0.3, -0.25) is 0 Å². The van der Waals surface area contributed by atoms with Gasteiger partial charge in [0.2, 0.25) is 0 Å². The van der Waals surface area contributed by atoms with Gasteiger partial charge in [0.25, 0.3) is 0 Å². The molecule has 0 amide bonds. The van der Waals surface area contributed by atoms with E-state index in [9.17, 15) is 4.39 Å². The van der Waals surface area contributed by atoms with Crippen molar-refractivity contribution in [1.29, 1.82) is 0 Å². The van der Waals surface area contributed by atoms with E-state index in [0.717, 1.165) is 5.56 Å². The number of benzene rings is 1. The molecule has 0 aromatic heterocycles. The first-order chi connectivity index (χ1) is 5.61. The van der Waals surface area contributed by atoms with Crippen LogP contribution in [0.3, 0.4) is 0 Å². The van der Waals surface area contributed by atoms with Crippen LogP contribution in [0.2, 0.25) is 0 Å². The van der Waals surface area contributed by atoms with Crippen LogP contribution in [0.5, 0.6) is 0 Å². The molecule has 0 aliphatic heterocycles. The number of halogens is 1. The zero-order valence-corrected chi connectivity index (χ0v) is 7.42. The molecule has 1 aromatic rings. The molecule has 0 fully saturated rings. The molecule has 0 heterocycles. The Balaban J connectivity index is 2.82. The van der Waals surface area contributed by atoms with E-state index in [1.807, 2.05) is 13.8 Å². The second-order valence-corrected chi connectivity index (χ2v) is 3.20. The van der Waals surface area contributed by atoms with Crippen LogP contribution in [0, 0.1) is 5.82 Å². The Morgan fingerprint density at radius 3 is 2.08 bits per heavy atom. The summed E-state index contributed by atoms with van der Waals surface area (Å²) in [6.45, 7) is 3.99. The van der Waals surface area contributed by atoms with Crippen LogP contribution in [-0.4, -0.2) is 6.04 Å². The summed E-state index contributed by atoms with van der Waals surface area (Å²) >= 11 is 0. The molecule has 1 aromatic carbocycles. The Hall–Kier alpha value is -0.890. The summed E-state index contributed by atoms with van der Waals surface area (Å²) in [5.41, 5.74) is 6.80. The lowest BCUT2D eigenvalue weighted by atomic mass is 9.95. The molecule has 0 saturated heterocycles. The van der Waals surface area contributed by atoms with Crippen molar-refractivity contribution in [2.75, 3.05) is 0 Å². The molecule has 2 heteroatoms. The van der Waals surface area contributed by atoms with Crippen LogP contribution in [0.1, 0.15) is 25.3 Å². The summed E-state index contributed by atoms with van der Waals surface area (Å²) in [6, 6.07) is 6.60. The van der Waals surface area contributed by atoms with Crippen LogP contribution in [0.4, 0.5) is 4.39 Å². The zero-order valence-electron chi connectivity index (χ0n) is 7.42. The standard InChI is InChI=1S/C10H14FN/c1-7(8(2)12)9-3-5-10(11)6-4-9/h3-8H,12H2,1-2H3. The van der Waals surface area contributed by atoms with Crippen molar-refractivity contribution in [3.8, 4) is 0 Å². The summed E-state index contributed by atoms with van der Waals surface area (Å²) in [5.74, 6) is 0.0845. The van der Waals surface area contributed by atoms with Crippen LogP contribution >= 0.6 is 0 Å². The molecule has 2 atom stereocenters. The van der Waals surface area contributed by atoms with Gasteiger partial charge in [0.05, 0.1) is 0 Å². The third-order valence-electron chi connectivity index (χ3n) is 2.18. The Labute approximate surface area is 72.4 Å². The van der Waals surface area contributed by atoms with E-state index < -0.39 is 0 Å². The monoisotopic (exact) mass is 167 g/mol. The lowest BCUT2D eigenvalue weighted by Crippen LogP contribution is -2.22. The van der Waals surface area contributed by atoms with E-state index in [2.05, 4.69) is 0 Å². The van der Waals surface area contributed by atoms with Crippen molar-refractivity contribution in [2.45, 2.75) is 25.8 Å². The van der Waals surface area contributed by atoms with Crippen LogP contribution in [0.15, 0.2) is 24.3 Å². The van der Waals surface area contributed by atoms with Gasteiger partial charge in [0.15, 0.2) is 0 Å². The van der Waals surface area contributed by atoms with E-state index in [-0.39, 0.29) is 17.8 Å². The van der Waals surface area contributed by atoms with Crippen molar-refractivity contribution in [1.82, 2.24) is 0 Å². The Morgan fingerprint density at radius 2 is 1.67 bits per heavy atom. The first-order valence-corrected chi connectivity index (χ1v) is 4.12. The second kappa shape index (κ2) is 3.68. The summed E-state index contributed by atoms with van der Waals surface area (Å²) in [7, 11) is 0. The molecular weight excluding hydrogens is 153 g/mol. The minimum absolute atomic E-state index is 0.107. The van der Waals surface area contributed by atoms with Crippen molar-refractivity contribution >= 4 is 0 Å². The molecule has 0 bridgehead atoms. The molecule has 0 radical (unpaired) electrons. The number of nitrogens with two attached hydrogens (primary N) is 1. The molecule has 0 saturated carbocycles. The van der Waals surface area contributed by atoms with Crippen molar-refractivity contribution < 1.29 is 4.39 Å². The highest BCUT2D eigenvalue weighted by Crippen LogP contribution is 2.17. The summed E-state index contributed by atoms with van der Waals surface area (Å²) in [5, 5.41) is 0. The SMILES string of the molecule is CC(N)C(C)c1ccc(F)cc1. The van der Waals surface area contributed by atoms with Gasteiger partial charge in [-0.25, -0.2) is 4.39 Å². The maximum absolute atomic E-state index is 12.5. The van der Waals surface area contributed by atoms with E-state index in [1.54, 1.807) is 12.1 Å². The van der Waals surface area contributed by atoms with Crippen LogP contribution in [0.25, 0.3) is 0 Å². The van der Waals surface area contributed by atoms with E-state index in [1.165, 1.54) is 12.1 Å². The lowest BCUT2D eigenvalue weighted by Gasteiger charge is -2.15. The smallest absolute Gasteiger partial charge is 0.123 e. The second-order valence-electron chi connectivity index (χ2n) is 3.20. The molecule has 1 rings (SSSR count). The van der Waals surface area contributed by atoms with Crippen LogP contribution < -0.4 is 5.73 Å². The molecule has 2 N–H and O–H groups in total. The minimum Gasteiger partial charge on any atom is -0.327 e. The highest BCUT2D eigenvalue weighted by molar-refractivity contribution is 5.20. The van der Waals surface area contributed by atoms with Gasteiger partial charge >= 0.3 is 0 Å². The molecule has 66 valence electrons. The van der Waals surface area contributed by atoms with Crippen molar-refractivity contribution in [3.05, 3.63) is 35.6 Å².